The Bertz CT molecular complexity index is 599. The highest BCUT2D eigenvalue weighted by atomic mass is 79.9. The lowest BCUT2D eigenvalue weighted by atomic mass is 10.2. The molecule has 0 heterocycles. The normalized spacial score (nSPS) is 10.1. The molecule has 18 heavy (non-hydrogen) atoms. The summed E-state index contributed by atoms with van der Waals surface area (Å²) in [5.41, 5.74) is 0.167. The largest absolute Gasteiger partial charge is 0.478 e. The molecule has 0 aromatic heterocycles. The number of hydrogen-bond donors (Lipinski definition) is 1. The van der Waals surface area contributed by atoms with Gasteiger partial charge in [0, 0.05) is 4.47 Å². The minimum Gasteiger partial charge on any atom is -0.478 e. The van der Waals surface area contributed by atoms with Gasteiger partial charge < -0.3 is 9.84 Å². The van der Waals surface area contributed by atoms with Crippen LogP contribution in [0.1, 0.15) is 10.4 Å². The molecule has 0 saturated carbocycles. The fraction of sp³-hybridized carbons (Fsp3) is 0. The molecule has 0 saturated heterocycles. The van der Waals surface area contributed by atoms with Crippen LogP contribution in [0.15, 0.2) is 46.9 Å². The van der Waals surface area contributed by atoms with Gasteiger partial charge in [-0.15, -0.1) is 0 Å². The summed E-state index contributed by atoms with van der Waals surface area (Å²) in [4.78, 5) is 10.8. The predicted molar refractivity (Wildman–Crippen MR) is 72.6 cm³/mol. The summed E-state index contributed by atoms with van der Waals surface area (Å²) in [5, 5.41) is 9.33. The Kier molecular flexibility index (Phi) is 3.89. The average Bonchev–Trinajstić information content (AvgIpc) is 2.33. The van der Waals surface area contributed by atoms with E-state index in [1.165, 1.54) is 12.1 Å². The van der Waals surface area contributed by atoms with E-state index < -0.39 is 5.97 Å². The Morgan fingerprint density at radius 1 is 1.22 bits per heavy atom. The van der Waals surface area contributed by atoms with Gasteiger partial charge in [-0.05, 0) is 36.4 Å². The molecule has 2 aromatic rings. The highest BCUT2D eigenvalue weighted by Crippen LogP contribution is 2.31. The van der Waals surface area contributed by atoms with E-state index in [9.17, 15) is 4.79 Å². The molecule has 0 aliphatic heterocycles. The molecule has 1 N–H and O–H groups in total. The average molecular weight is 328 g/mol. The predicted octanol–water partition coefficient (Wildman–Crippen LogP) is 4.59. The molecule has 0 unspecified atom stereocenters. The molecule has 0 atom stereocenters. The van der Waals surface area contributed by atoms with Gasteiger partial charge in [0.25, 0.3) is 0 Å². The SMILES string of the molecule is O=C(O)c1cccc(Oc2ccc(Br)cc2Cl)c1. The summed E-state index contributed by atoms with van der Waals surface area (Å²) in [5.74, 6) is -0.0936. The molecule has 0 bridgehead atoms. The fourth-order valence-electron chi connectivity index (χ4n) is 1.38. The van der Waals surface area contributed by atoms with E-state index in [2.05, 4.69) is 15.9 Å². The third kappa shape index (κ3) is 3.03. The standard InChI is InChI=1S/C13H8BrClO3/c14-9-4-5-12(11(15)7-9)18-10-3-1-2-8(6-10)13(16)17/h1-7H,(H,16,17). The van der Waals surface area contributed by atoms with Crippen LogP contribution in [0.25, 0.3) is 0 Å². The summed E-state index contributed by atoms with van der Waals surface area (Å²) in [7, 11) is 0. The third-order valence-corrected chi connectivity index (χ3v) is 2.99. The van der Waals surface area contributed by atoms with Crippen molar-refractivity contribution in [3.8, 4) is 11.5 Å². The number of hydrogen-bond acceptors (Lipinski definition) is 2. The van der Waals surface area contributed by atoms with Gasteiger partial charge in [-0.25, -0.2) is 4.79 Å². The van der Waals surface area contributed by atoms with Crippen molar-refractivity contribution in [1.82, 2.24) is 0 Å². The zero-order valence-corrected chi connectivity index (χ0v) is 11.4. The second kappa shape index (κ2) is 5.42. The maximum atomic E-state index is 10.8. The van der Waals surface area contributed by atoms with Gasteiger partial charge in [0.2, 0.25) is 0 Å². The minimum absolute atomic E-state index is 0.167. The summed E-state index contributed by atoms with van der Waals surface area (Å²) in [6.45, 7) is 0. The lowest BCUT2D eigenvalue weighted by Crippen LogP contribution is -1.96. The number of carboxylic acid groups (broad SMARTS) is 1. The van der Waals surface area contributed by atoms with Crippen LogP contribution >= 0.6 is 27.5 Å². The van der Waals surface area contributed by atoms with Gasteiger partial charge in [0.1, 0.15) is 11.5 Å². The number of ether oxygens (including phenoxy) is 1. The van der Waals surface area contributed by atoms with E-state index in [1.807, 2.05) is 0 Å². The zero-order chi connectivity index (χ0) is 13.1. The van der Waals surface area contributed by atoms with Crippen LogP contribution in [0.4, 0.5) is 0 Å². The van der Waals surface area contributed by atoms with Crippen molar-refractivity contribution in [2.45, 2.75) is 0 Å². The van der Waals surface area contributed by atoms with Crippen molar-refractivity contribution < 1.29 is 14.6 Å². The van der Waals surface area contributed by atoms with Crippen LogP contribution in [-0.4, -0.2) is 11.1 Å². The monoisotopic (exact) mass is 326 g/mol. The Labute approximate surface area is 117 Å². The van der Waals surface area contributed by atoms with E-state index in [4.69, 9.17) is 21.4 Å². The maximum absolute atomic E-state index is 10.8. The molecule has 2 aromatic carbocycles. The first-order valence-electron chi connectivity index (χ1n) is 5.02. The van der Waals surface area contributed by atoms with Gasteiger partial charge in [0.05, 0.1) is 10.6 Å². The number of aromatic carboxylic acids is 1. The molecule has 0 radical (unpaired) electrons. The summed E-state index contributed by atoms with van der Waals surface area (Å²) in [6, 6.07) is 11.4. The molecule has 92 valence electrons. The number of halogens is 2. The molecule has 2 rings (SSSR count). The Hall–Kier alpha value is -1.52. The van der Waals surface area contributed by atoms with Crippen molar-refractivity contribution in [1.29, 1.82) is 0 Å². The molecular weight excluding hydrogens is 319 g/mol. The molecule has 0 aliphatic carbocycles. The molecule has 0 spiro atoms. The van der Waals surface area contributed by atoms with Gasteiger partial charge in [-0.1, -0.05) is 33.6 Å². The van der Waals surface area contributed by atoms with E-state index in [0.717, 1.165) is 4.47 Å². The Morgan fingerprint density at radius 2 is 2.00 bits per heavy atom. The quantitative estimate of drug-likeness (QED) is 0.896. The van der Waals surface area contributed by atoms with Crippen LogP contribution in [0.2, 0.25) is 5.02 Å². The fourth-order valence-corrected chi connectivity index (χ4v) is 2.09. The van der Waals surface area contributed by atoms with E-state index >= 15 is 0 Å². The van der Waals surface area contributed by atoms with Crippen molar-refractivity contribution >= 4 is 33.5 Å². The Balaban J connectivity index is 2.28. The van der Waals surface area contributed by atoms with Crippen molar-refractivity contribution in [3.05, 3.63) is 57.5 Å². The van der Waals surface area contributed by atoms with E-state index in [-0.39, 0.29) is 5.56 Å². The lowest BCUT2D eigenvalue weighted by molar-refractivity contribution is 0.0696. The van der Waals surface area contributed by atoms with Gasteiger partial charge in [-0.2, -0.15) is 0 Å². The third-order valence-electron chi connectivity index (χ3n) is 2.20. The van der Waals surface area contributed by atoms with Crippen LogP contribution in [0.3, 0.4) is 0 Å². The molecule has 0 amide bonds. The number of carbonyl (C=O) groups is 1. The first-order valence-corrected chi connectivity index (χ1v) is 6.19. The number of benzene rings is 2. The molecule has 5 heteroatoms. The number of rotatable bonds is 3. The summed E-state index contributed by atoms with van der Waals surface area (Å²) in [6.07, 6.45) is 0. The van der Waals surface area contributed by atoms with Crippen molar-refractivity contribution in [3.63, 3.8) is 0 Å². The summed E-state index contributed by atoms with van der Waals surface area (Å²) < 4.78 is 6.39. The first-order chi connectivity index (χ1) is 8.56. The summed E-state index contributed by atoms with van der Waals surface area (Å²) >= 11 is 9.31. The first kappa shape index (κ1) is 12.9. The van der Waals surface area contributed by atoms with Gasteiger partial charge >= 0.3 is 5.97 Å². The molecule has 0 aliphatic rings. The van der Waals surface area contributed by atoms with Crippen LogP contribution in [0.5, 0.6) is 11.5 Å². The molecule has 3 nitrogen and oxygen atoms in total. The van der Waals surface area contributed by atoms with Crippen LogP contribution in [-0.2, 0) is 0 Å². The van der Waals surface area contributed by atoms with Gasteiger partial charge in [0.15, 0.2) is 0 Å². The maximum Gasteiger partial charge on any atom is 0.335 e. The topological polar surface area (TPSA) is 46.5 Å². The van der Waals surface area contributed by atoms with Crippen LogP contribution in [0, 0.1) is 0 Å². The van der Waals surface area contributed by atoms with Crippen LogP contribution < -0.4 is 4.74 Å². The lowest BCUT2D eigenvalue weighted by Gasteiger charge is -2.08. The number of carboxylic acids is 1. The minimum atomic E-state index is -0.998. The van der Waals surface area contributed by atoms with Crippen molar-refractivity contribution in [2.75, 3.05) is 0 Å². The highest BCUT2D eigenvalue weighted by molar-refractivity contribution is 9.10. The van der Waals surface area contributed by atoms with E-state index in [0.29, 0.717) is 16.5 Å². The van der Waals surface area contributed by atoms with Gasteiger partial charge in [-0.3, -0.25) is 0 Å². The second-order valence-electron chi connectivity index (χ2n) is 3.51. The Morgan fingerprint density at radius 3 is 2.67 bits per heavy atom. The van der Waals surface area contributed by atoms with E-state index in [1.54, 1.807) is 30.3 Å². The van der Waals surface area contributed by atoms with Crippen molar-refractivity contribution in [2.24, 2.45) is 0 Å². The highest BCUT2D eigenvalue weighted by Gasteiger charge is 2.07. The molecular formula is C13H8BrClO3. The smallest absolute Gasteiger partial charge is 0.335 e. The molecule has 0 fully saturated rings. The second-order valence-corrected chi connectivity index (χ2v) is 4.83. The zero-order valence-electron chi connectivity index (χ0n) is 9.06.